The van der Waals surface area contributed by atoms with Crippen LogP contribution in [0.2, 0.25) is 0 Å². The molecule has 1 aromatic carbocycles. The van der Waals surface area contributed by atoms with Gasteiger partial charge in [0.15, 0.2) is 11.5 Å². The van der Waals surface area contributed by atoms with Gasteiger partial charge in [-0.15, -0.1) is 0 Å². The Morgan fingerprint density at radius 2 is 1.76 bits per heavy atom. The molecule has 0 heterocycles. The van der Waals surface area contributed by atoms with Crippen LogP contribution in [0.4, 0.5) is 0 Å². The fourth-order valence-electron chi connectivity index (χ4n) is 1.61. The number of aliphatic carboxylic acids is 1. The van der Waals surface area contributed by atoms with Gasteiger partial charge >= 0.3 is 5.97 Å². The van der Waals surface area contributed by atoms with Crippen LogP contribution in [0.15, 0.2) is 23.1 Å². The van der Waals surface area contributed by atoms with Crippen LogP contribution in [-0.2, 0) is 14.8 Å². The molecule has 8 heteroatoms. The molecule has 0 spiro atoms. The number of hydrogen-bond acceptors (Lipinski definition) is 5. The summed E-state index contributed by atoms with van der Waals surface area (Å²) >= 11 is 0. The predicted molar refractivity (Wildman–Crippen MR) is 76.1 cm³/mol. The van der Waals surface area contributed by atoms with Crippen molar-refractivity contribution in [3.8, 4) is 11.5 Å². The lowest BCUT2D eigenvalue weighted by molar-refractivity contribution is -0.141. The van der Waals surface area contributed by atoms with Gasteiger partial charge in [0.1, 0.15) is 0 Å². The zero-order valence-corrected chi connectivity index (χ0v) is 13.1. The first-order valence-corrected chi connectivity index (χ1v) is 7.68. The van der Waals surface area contributed by atoms with Crippen molar-refractivity contribution in [1.29, 1.82) is 0 Å². The number of ether oxygens (including phenoxy) is 2. The Morgan fingerprint density at radius 1 is 1.19 bits per heavy atom. The monoisotopic (exact) mass is 317 g/mol. The van der Waals surface area contributed by atoms with E-state index in [1.54, 1.807) is 0 Å². The minimum Gasteiger partial charge on any atom is -0.493 e. The van der Waals surface area contributed by atoms with Gasteiger partial charge < -0.3 is 14.6 Å². The van der Waals surface area contributed by atoms with Gasteiger partial charge in [-0.3, -0.25) is 4.79 Å². The Morgan fingerprint density at radius 3 is 2.24 bits per heavy atom. The van der Waals surface area contributed by atoms with Gasteiger partial charge in [-0.2, -0.15) is 0 Å². The third-order valence-electron chi connectivity index (χ3n) is 3.15. The van der Waals surface area contributed by atoms with E-state index in [0.717, 1.165) is 0 Å². The first-order valence-electron chi connectivity index (χ1n) is 6.20. The molecule has 0 aliphatic heterocycles. The molecule has 1 aromatic rings. The van der Waals surface area contributed by atoms with Crippen LogP contribution in [0.3, 0.4) is 0 Å². The molecule has 1 rings (SSSR count). The van der Waals surface area contributed by atoms with Crippen molar-refractivity contribution in [3.63, 3.8) is 0 Å². The summed E-state index contributed by atoms with van der Waals surface area (Å²) < 4.78 is 36.9. The molecule has 0 fully saturated rings. The van der Waals surface area contributed by atoms with Gasteiger partial charge in [0.2, 0.25) is 10.0 Å². The molecule has 0 aliphatic rings. The van der Waals surface area contributed by atoms with Crippen molar-refractivity contribution in [2.24, 2.45) is 5.92 Å². The van der Waals surface area contributed by atoms with Gasteiger partial charge in [-0.25, -0.2) is 13.1 Å². The van der Waals surface area contributed by atoms with Crippen LogP contribution < -0.4 is 14.2 Å². The zero-order valence-electron chi connectivity index (χ0n) is 12.3. The fraction of sp³-hybridized carbons (Fsp3) is 0.462. The van der Waals surface area contributed by atoms with E-state index in [-0.39, 0.29) is 10.6 Å². The van der Waals surface area contributed by atoms with E-state index in [1.807, 2.05) is 0 Å². The quantitative estimate of drug-likeness (QED) is 0.780. The van der Waals surface area contributed by atoms with Crippen molar-refractivity contribution in [3.05, 3.63) is 18.2 Å². The molecule has 2 unspecified atom stereocenters. The van der Waals surface area contributed by atoms with Crippen molar-refractivity contribution >= 4 is 16.0 Å². The fourth-order valence-corrected chi connectivity index (χ4v) is 2.95. The number of benzene rings is 1. The first-order chi connectivity index (χ1) is 9.72. The van der Waals surface area contributed by atoms with E-state index in [9.17, 15) is 13.2 Å². The number of carboxylic acid groups (broad SMARTS) is 1. The molecule has 0 radical (unpaired) electrons. The maximum absolute atomic E-state index is 12.2. The second-order valence-corrected chi connectivity index (χ2v) is 6.27. The second-order valence-electron chi connectivity index (χ2n) is 4.55. The minimum absolute atomic E-state index is 0.0235. The van der Waals surface area contributed by atoms with Gasteiger partial charge in [0.05, 0.1) is 25.0 Å². The van der Waals surface area contributed by atoms with Crippen LogP contribution >= 0.6 is 0 Å². The summed E-state index contributed by atoms with van der Waals surface area (Å²) in [6.07, 6.45) is 0. The summed E-state index contributed by atoms with van der Waals surface area (Å²) in [7, 11) is -1.000. The molecule has 0 saturated heterocycles. The van der Waals surface area contributed by atoms with Crippen LogP contribution in [0.1, 0.15) is 13.8 Å². The van der Waals surface area contributed by atoms with Crippen LogP contribution in [0.5, 0.6) is 11.5 Å². The molecule has 118 valence electrons. The number of carboxylic acids is 1. The summed E-state index contributed by atoms with van der Waals surface area (Å²) in [5.74, 6) is -1.24. The summed E-state index contributed by atoms with van der Waals surface area (Å²) in [6, 6.07) is 3.40. The SMILES string of the molecule is COc1ccc(S(=O)(=O)NC(C)C(C)C(=O)O)cc1OC. The maximum atomic E-state index is 12.2. The topological polar surface area (TPSA) is 102 Å². The summed E-state index contributed by atoms with van der Waals surface area (Å²) in [5, 5.41) is 8.90. The average Bonchev–Trinajstić information content (AvgIpc) is 2.44. The van der Waals surface area contributed by atoms with Gasteiger partial charge in [0, 0.05) is 12.1 Å². The molecule has 7 nitrogen and oxygen atoms in total. The van der Waals surface area contributed by atoms with E-state index in [0.29, 0.717) is 5.75 Å². The highest BCUT2D eigenvalue weighted by Gasteiger charge is 2.25. The van der Waals surface area contributed by atoms with E-state index < -0.39 is 28.0 Å². The zero-order chi connectivity index (χ0) is 16.2. The van der Waals surface area contributed by atoms with E-state index >= 15 is 0 Å². The first kappa shape index (κ1) is 17.3. The Balaban J connectivity index is 3.06. The maximum Gasteiger partial charge on any atom is 0.307 e. The number of sulfonamides is 1. The highest BCUT2D eigenvalue weighted by molar-refractivity contribution is 7.89. The lowest BCUT2D eigenvalue weighted by Crippen LogP contribution is -2.39. The third-order valence-corrected chi connectivity index (χ3v) is 4.70. The van der Waals surface area contributed by atoms with Gasteiger partial charge in [-0.1, -0.05) is 6.92 Å². The van der Waals surface area contributed by atoms with Gasteiger partial charge in [-0.05, 0) is 19.1 Å². The van der Waals surface area contributed by atoms with Crippen molar-refractivity contribution < 1.29 is 27.8 Å². The van der Waals surface area contributed by atoms with Gasteiger partial charge in [0.25, 0.3) is 0 Å². The average molecular weight is 317 g/mol. The predicted octanol–water partition coefficient (Wildman–Crippen LogP) is 1.09. The highest BCUT2D eigenvalue weighted by atomic mass is 32.2. The van der Waals surface area contributed by atoms with Crippen LogP contribution in [-0.4, -0.2) is 39.8 Å². The molecule has 2 N–H and O–H groups in total. The molecular formula is C13H19NO6S. The number of methoxy groups -OCH3 is 2. The number of rotatable bonds is 7. The largest absolute Gasteiger partial charge is 0.493 e. The Hall–Kier alpha value is -1.80. The highest BCUT2D eigenvalue weighted by Crippen LogP contribution is 2.29. The third kappa shape index (κ3) is 4.08. The van der Waals surface area contributed by atoms with Crippen LogP contribution in [0.25, 0.3) is 0 Å². The molecule has 0 saturated carbocycles. The molecule has 0 aliphatic carbocycles. The smallest absolute Gasteiger partial charge is 0.307 e. The van der Waals surface area contributed by atoms with E-state index in [4.69, 9.17) is 14.6 Å². The molecular weight excluding hydrogens is 298 g/mol. The number of hydrogen-bond donors (Lipinski definition) is 2. The molecule has 21 heavy (non-hydrogen) atoms. The Labute approximate surface area is 123 Å². The van der Waals surface area contributed by atoms with Crippen LogP contribution in [0, 0.1) is 5.92 Å². The normalized spacial score (nSPS) is 14.3. The van der Waals surface area contributed by atoms with Crippen molar-refractivity contribution in [2.45, 2.75) is 24.8 Å². The molecule has 2 atom stereocenters. The number of carbonyl (C=O) groups is 1. The van der Waals surface area contributed by atoms with E-state index in [2.05, 4.69) is 4.72 Å². The Kier molecular flexibility index (Phi) is 5.56. The van der Waals surface area contributed by atoms with Crippen molar-refractivity contribution in [2.75, 3.05) is 14.2 Å². The lowest BCUT2D eigenvalue weighted by atomic mass is 10.1. The van der Waals surface area contributed by atoms with E-state index in [1.165, 1.54) is 46.3 Å². The Bertz CT molecular complexity index is 613. The molecule has 0 aromatic heterocycles. The lowest BCUT2D eigenvalue weighted by Gasteiger charge is -2.18. The van der Waals surface area contributed by atoms with Crippen molar-refractivity contribution in [1.82, 2.24) is 4.72 Å². The summed E-state index contributed by atoms with van der Waals surface area (Å²) in [4.78, 5) is 10.9. The minimum atomic E-state index is -3.84. The molecule has 0 bridgehead atoms. The molecule has 0 amide bonds. The second kappa shape index (κ2) is 6.77. The summed E-state index contributed by atoms with van der Waals surface area (Å²) in [6.45, 7) is 2.93. The summed E-state index contributed by atoms with van der Waals surface area (Å²) in [5.41, 5.74) is 0. The number of nitrogens with one attached hydrogen (secondary N) is 1. The standard InChI is InChI=1S/C13H19NO6S/c1-8(13(15)16)9(2)14-21(17,18)10-5-6-11(19-3)12(7-10)20-4/h5-9,14H,1-4H3,(H,15,16).